The van der Waals surface area contributed by atoms with Crippen LogP contribution in [0.1, 0.15) is 29.8 Å². The van der Waals surface area contributed by atoms with Gasteiger partial charge < -0.3 is 25.6 Å². The second-order valence-electron chi connectivity index (χ2n) is 6.09. The van der Waals surface area contributed by atoms with Gasteiger partial charge in [-0.25, -0.2) is 4.99 Å². The van der Waals surface area contributed by atoms with E-state index < -0.39 is 0 Å². The molecule has 0 spiro atoms. The first kappa shape index (κ1) is 20.7. The van der Waals surface area contributed by atoms with Gasteiger partial charge in [-0.3, -0.25) is 9.59 Å². The van der Waals surface area contributed by atoms with Crippen LogP contribution < -0.4 is 16.0 Å². The number of ether oxygens (including phenoxy) is 1. The summed E-state index contributed by atoms with van der Waals surface area (Å²) in [6.07, 6.45) is 0. The molecule has 2 rings (SSSR count). The lowest BCUT2D eigenvalue weighted by molar-refractivity contribution is -0.123. The summed E-state index contributed by atoms with van der Waals surface area (Å²) in [6, 6.07) is 7.36. The van der Waals surface area contributed by atoms with Crippen LogP contribution in [0, 0.1) is 0 Å². The first-order valence-corrected chi connectivity index (χ1v) is 9.38. The smallest absolute Gasteiger partial charge is 0.254 e. The van der Waals surface area contributed by atoms with Gasteiger partial charge >= 0.3 is 0 Å². The summed E-state index contributed by atoms with van der Waals surface area (Å²) in [5, 5.41) is 9.13. The predicted octanol–water partition coefficient (Wildman–Crippen LogP) is 0.350. The summed E-state index contributed by atoms with van der Waals surface area (Å²) in [5.41, 5.74) is 1.59. The highest BCUT2D eigenvalue weighted by Gasteiger charge is 2.21. The molecule has 3 N–H and O–H groups in total. The van der Waals surface area contributed by atoms with Gasteiger partial charge in [-0.2, -0.15) is 0 Å². The standard InChI is InChI=1S/C19H29N5O3/c1-3-20-19(22-10-12-27-4-2)23-13-15-5-7-16(8-6-15)18(26)24-11-9-21-17(25)14-24/h5-8H,3-4,9-14H2,1-2H3,(H,21,25)(H2,20,22,23). The number of hydrogen-bond donors (Lipinski definition) is 3. The SMILES string of the molecule is CCNC(=NCc1ccc(C(=O)N2CCNC(=O)C2)cc1)NCCOCC. The minimum atomic E-state index is -0.120. The van der Waals surface area contributed by atoms with Crippen LogP contribution in [0.5, 0.6) is 0 Å². The van der Waals surface area contributed by atoms with Crippen molar-refractivity contribution >= 4 is 17.8 Å². The average molecular weight is 375 g/mol. The van der Waals surface area contributed by atoms with Crippen molar-refractivity contribution in [1.29, 1.82) is 0 Å². The maximum absolute atomic E-state index is 12.5. The molecular formula is C19H29N5O3. The number of nitrogens with one attached hydrogen (secondary N) is 3. The quantitative estimate of drug-likeness (QED) is 0.346. The molecule has 1 aromatic carbocycles. The van der Waals surface area contributed by atoms with E-state index in [-0.39, 0.29) is 18.4 Å². The Labute approximate surface area is 160 Å². The van der Waals surface area contributed by atoms with Crippen molar-refractivity contribution in [3.63, 3.8) is 0 Å². The molecule has 1 heterocycles. The highest BCUT2D eigenvalue weighted by molar-refractivity contribution is 5.97. The first-order chi connectivity index (χ1) is 13.1. The van der Waals surface area contributed by atoms with E-state index in [1.165, 1.54) is 0 Å². The first-order valence-electron chi connectivity index (χ1n) is 9.38. The molecule has 27 heavy (non-hydrogen) atoms. The summed E-state index contributed by atoms with van der Waals surface area (Å²) in [6.45, 7) is 8.43. The molecule has 0 unspecified atom stereocenters. The molecule has 1 aromatic rings. The van der Waals surface area contributed by atoms with Gasteiger partial charge in [0.1, 0.15) is 0 Å². The van der Waals surface area contributed by atoms with E-state index >= 15 is 0 Å². The van der Waals surface area contributed by atoms with Crippen molar-refractivity contribution in [2.24, 2.45) is 4.99 Å². The van der Waals surface area contributed by atoms with Crippen molar-refractivity contribution in [1.82, 2.24) is 20.9 Å². The maximum atomic E-state index is 12.5. The molecule has 0 aromatic heterocycles. The summed E-state index contributed by atoms with van der Waals surface area (Å²) in [4.78, 5) is 30.0. The third-order valence-corrected chi connectivity index (χ3v) is 4.03. The highest BCUT2D eigenvalue weighted by Crippen LogP contribution is 2.09. The van der Waals surface area contributed by atoms with E-state index in [9.17, 15) is 9.59 Å². The maximum Gasteiger partial charge on any atom is 0.254 e. The molecule has 0 atom stereocenters. The Bertz CT molecular complexity index is 645. The van der Waals surface area contributed by atoms with Crippen LogP contribution in [0.4, 0.5) is 0 Å². The van der Waals surface area contributed by atoms with Crippen LogP contribution in [0.25, 0.3) is 0 Å². The fourth-order valence-corrected chi connectivity index (χ4v) is 2.65. The van der Waals surface area contributed by atoms with Crippen LogP contribution in [0.2, 0.25) is 0 Å². The van der Waals surface area contributed by atoms with Crippen LogP contribution >= 0.6 is 0 Å². The van der Waals surface area contributed by atoms with Crippen molar-refractivity contribution < 1.29 is 14.3 Å². The van der Waals surface area contributed by atoms with E-state index in [1.807, 2.05) is 26.0 Å². The monoisotopic (exact) mass is 375 g/mol. The molecule has 8 nitrogen and oxygen atoms in total. The Morgan fingerprint density at radius 3 is 2.70 bits per heavy atom. The van der Waals surface area contributed by atoms with Gasteiger partial charge in [-0.1, -0.05) is 12.1 Å². The number of carbonyl (C=O) groups is 2. The minimum Gasteiger partial charge on any atom is -0.380 e. The van der Waals surface area contributed by atoms with Gasteiger partial charge in [0.05, 0.1) is 19.7 Å². The molecule has 8 heteroatoms. The molecule has 1 saturated heterocycles. The Morgan fingerprint density at radius 1 is 1.26 bits per heavy atom. The topological polar surface area (TPSA) is 95.1 Å². The molecular weight excluding hydrogens is 346 g/mol. The molecule has 0 bridgehead atoms. The highest BCUT2D eigenvalue weighted by atomic mass is 16.5. The summed E-state index contributed by atoms with van der Waals surface area (Å²) in [5.74, 6) is 0.496. The molecule has 0 radical (unpaired) electrons. The largest absolute Gasteiger partial charge is 0.380 e. The average Bonchev–Trinajstić information content (AvgIpc) is 2.69. The van der Waals surface area contributed by atoms with Gasteiger partial charge in [0.25, 0.3) is 5.91 Å². The Hall–Kier alpha value is -2.61. The lowest BCUT2D eigenvalue weighted by atomic mass is 10.1. The van der Waals surface area contributed by atoms with E-state index in [2.05, 4.69) is 20.9 Å². The van der Waals surface area contributed by atoms with Gasteiger partial charge in [0.2, 0.25) is 5.91 Å². The van der Waals surface area contributed by atoms with Crippen LogP contribution in [-0.4, -0.2) is 68.6 Å². The van der Waals surface area contributed by atoms with Crippen molar-refractivity contribution in [3.8, 4) is 0 Å². The third-order valence-electron chi connectivity index (χ3n) is 4.03. The van der Waals surface area contributed by atoms with Gasteiger partial charge in [-0.15, -0.1) is 0 Å². The number of rotatable bonds is 8. The number of benzene rings is 1. The number of aliphatic imine (C=N–C) groups is 1. The minimum absolute atomic E-state index is 0.115. The van der Waals surface area contributed by atoms with Gasteiger partial charge in [0, 0.05) is 38.3 Å². The molecule has 1 aliphatic rings. The number of nitrogens with zero attached hydrogens (tertiary/aromatic N) is 2. The zero-order valence-electron chi connectivity index (χ0n) is 16.1. The summed E-state index contributed by atoms with van der Waals surface area (Å²) >= 11 is 0. The molecule has 0 aliphatic carbocycles. The number of guanidine groups is 1. The van der Waals surface area contributed by atoms with Crippen molar-refractivity contribution in [2.45, 2.75) is 20.4 Å². The molecule has 148 valence electrons. The Morgan fingerprint density at radius 2 is 2.04 bits per heavy atom. The molecule has 0 saturated carbocycles. The lowest BCUT2D eigenvalue weighted by Crippen LogP contribution is -2.49. The molecule has 2 amide bonds. The normalized spacial score (nSPS) is 14.7. The summed E-state index contributed by atoms with van der Waals surface area (Å²) in [7, 11) is 0. The van der Waals surface area contributed by atoms with E-state index in [0.717, 1.165) is 18.1 Å². The second kappa shape index (κ2) is 11.2. The van der Waals surface area contributed by atoms with E-state index in [4.69, 9.17) is 4.74 Å². The number of amides is 2. The Balaban J connectivity index is 1.91. The lowest BCUT2D eigenvalue weighted by Gasteiger charge is -2.26. The van der Waals surface area contributed by atoms with Crippen LogP contribution in [-0.2, 0) is 16.1 Å². The fraction of sp³-hybridized carbons (Fsp3) is 0.526. The number of carbonyl (C=O) groups excluding carboxylic acids is 2. The zero-order chi connectivity index (χ0) is 19.5. The number of piperazine rings is 1. The van der Waals surface area contributed by atoms with Gasteiger partial charge in [-0.05, 0) is 31.5 Å². The van der Waals surface area contributed by atoms with Crippen molar-refractivity contribution in [2.75, 3.05) is 45.9 Å². The van der Waals surface area contributed by atoms with E-state index in [1.54, 1.807) is 17.0 Å². The third kappa shape index (κ3) is 6.90. The Kier molecular flexibility index (Phi) is 8.57. The van der Waals surface area contributed by atoms with Gasteiger partial charge in [0.15, 0.2) is 5.96 Å². The zero-order valence-corrected chi connectivity index (χ0v) is 16.1. The predicted molar refractivity (Wildman–Crippen MR) is 105 cm³/mol. The summed E-state index contributed by atoms with van der Waals surface area (Å²) < 4.78 is 5.31. The van der Waals surface area contributed by atoms with Crippen LogP contribution in [0.3, 0.4) is 0 Å². The number of hydrogen-bond acceptors (Lipinski definition) is 4. The fourth-order valence-electron chi connectivity index (χ4n) is 2.65. The van der Waals surface area contributed by atoms with Crippen LogP contribution in [0.15, 0.2) is 29.3 Å². The molecule has 1 fully saturated rings. The van der Waals surface area contributed by atoms with Crippen molar-refractivity contribution in [3.05, 3.63) is 35.4 Å². The second-order valence-corrected chi connectivity index (χ2v) is 6.09. The van der Waals surface area contributed by atoms with E-state index in [0.29, 0.717) is 45.0 Å². The molecule has 1 aliphatic heterocycles.